The molecule has 0 aliphatic heterocycles. The van der Waals surface area contributed by atoms with Gasteiger partial charge in [0.1, 0.15) is 4.33 Å². The molecular weight excluding hydrogens is 538 g/mol. The number of carbonyl (C=O) groups is 2. The van der Waals surface area contributed by atoms with Crippen molar-refractivity contribution in [1.29, 1.82) is 0 Å². The zero-order chi connectivity index (χ0) is 24.6. The smallest absolute Gasteiger partial charge is 0.257 e. The monoisotopic (exact) mass is 550 g/mol. The van der Waals surface area contributed by atoms with Crippen molar-refractivity contribution in [3.05, 3.63) is 92.4 Å². The maximum atomic E-state index is 13.0. The molecule has 0 heterocycles. The summed E-state index contributed by atoms with van der Waals surface area (Å²) in [5, 5.41) is 6.55. The Bertz CT molecular complexity index is 1310. The van der Waals surface area contributed by atoms with Crippen LogP contribution in [-0.4, -0.2) is 16.1 Å². The molecule has 172 valence electrons. The van der Waals surface area contributed by atoms with Crippen LogP contribution < -0.4 is 10.6 Å². The first-order chi connectivity index (χ1) is 16.1. The second kappa shape index (κ2) is 9.70. The molecular formula is C25H15Cl5N2O2. The van der Waals surface area contributed by atoms with E-state index in [0.717, 1.165) is 0 Å². The molecule has 2 atom stereocenters. The number of halogens is 5. The first kappa shape index (κ1) is 24.7. The lowest BCUT2D eigenvalue weighted by Gasteiger charge is -2.10. The summed E-state index contributed by atoms with van der Waals surface area (Å²) < 4.78 is -1.32. The largest absolute Gasteiger partial charge is 0.326 e. The first-order valence-electron chi connectivity index (χ1n) is 9.92. The molecule has 1 fully saturated rings. The minimum absolute atomic E-state index is 0.178. The highest BCUT2D eigenvalue weighted by Gasteiger charge is 2.67. The molecule has 3 aromatic rings. The molecule has 0 radical (unpaired) electrons. The molecule has 0 unspecified atom stereocenters. The fraction of sp³-hybridized carbons (Fsp3) is 0.120. The number of amides is 2. The summed E-state index contributed by atoms with van der Waals surface area (Å²) in [5.74, 6) is 0.412. The average molecular weight is 553 g/mol. The van der Waals surface area contributed by atoms with E-state index in [1.54, 1.807) is 48.5 Å². The van der Waals surface area contributed by atoms with Crippen LogP contribution >= 0.6 is 58.0 Å². The Kier molecular flexibility index (Phi) is 7.05. The van der Waals surface area contributed by atoms with Crippen LogP contribution in [0.2, 0.25) is 15.1 Å². The van der Waals surface area contributed by atoms with E-state index in [1.807, 2.05) is 0 Å². The van der Waals surface area contributed by atoms with E-state index in [2.05, 4.69) is 16.6 Å². The number of hydrogen-bond donors (Lipinski definition) is 2. The summed E-state index contributed by atoms with van der Waals surface area (Å²) in [6.07, 6.45) is 5.35. The Morgan fingerprint density at radius 3 is 2.09 bits per heavy atom. The zero-order valence-corrected chi connectivity index (χ0v) is 21.0. The third-order valence-electron chi connectivity index (χ3n) is 5.37. The van der Waals surface area contributed by atoms with Crippen LogP contribution in [0.25, 0.3) is 0 Å². The highest BCUT2D eigenvalue weighted by atomic mass is 35.5. The van der Waals surface area contributed by atoms with Gasteiger partial charge in [-0.25, -0.2) is 0 Å². The molecule has 4 rings (SSSR count). The Balaban J connectivity index is 1.50. The molecule has 34 heavy (non-hydrogen) atoms. The van der Waals surface area contributed by atoms with E-state index in [-0.39, 0.29) is 10.6 Å². The summed E-state index contributed by atoms with van der Waals surface area (Å²) in [5.41, 5.74) is 2.44. The van der Waals surface area contributed by atoms with Gasteiger partial charge in [0, 0.05) is 32.9 Å². The quantitative estimate of drug-likeness (QED) is 0.256. The van der Waals surface area contributed by atoms with Crippen LogP contribution in [-0.2, 0) is 4.79 Å². The van der Waals surface area contributed by atoms with Gasteiger partial charge in [-0.3, -0.25) is 9.59 Å². The van der Waals surface area contributed by atoms with Crippen LogP contribution in [0.4, 0.5) is 11.4 Å². The van der Waals surface area contributed by atoms with Crippen LogP contribution in [0, 0.1) is 18.3 Å². The van der Waals surface area contributed by atoms with Crippen LogP contribution in [0.3, 0.4) is 0 Å². The van der Waals surface area contributed by atoms with Crippen molar-refractivity contribution >= 4 is 81.2 Å². The average Bonchev–Trinajstić information content (AvgIpc) is 3.37. The van der Waals surface area contributed by atoms with Gasteiger partial charge >= 0.3 is 0 Å². The molecule has 2 amide bonds. The third kappa shape index (κ3) is 5.15. The Labute approximate surface area is 221 Å². The molecule has 0 saturated heterocycles. The SMILES string of the molecule is C#Cc1ccc(NC(=O)c2cc(NC(=O)[C@H]3[C@H](c4cc(Cl)cc(Cl)c4)C3(Cl)Cl)ccc2Cl)cc1. The van der Waals surface area contributed by atoms with Gasteiger partial charge in [-0.1, -0.05) is 40.7 Å². The molecule has 9 heteroatoms. The van der Waals surface area contributed by atoms with Gasteiger partial charge in [0.25, 0.3) is 5.91 Å². The highest BCUT2D eigenvalue weighted by molar-refractivity contribution is 6.53. The molecule has 4 nitrogen and oxygen atoms in total. The molecule has 0 spiro atoms. The van der Waals surface area contributed by atoms with Crippen molar-refractivity contribution in [2.24, 2.45) is 5.92 Å². The Morgan fingerprint density at radius 1 is 0.853 bits per heavy atom. The molecule has 3 aromatic carbocycles. The van der Waals surface area contributed by atoms with E-state index in [4.69, 9.17) is 64.4 Å². The number of rotatable bonds is 5. The molecule has 1 saturated carbocycles. The van der Waals surface area contributed by atoms with E-state index in [9.17, 15) is 9.59 Å². The topological polar surface area (TPSA) is 58.2 Å². The van der Waals surface area contributed by atoms with Crippen LogP contribution in [0.5, 0.6) is 0 Å². The van der Waals surface area contributed by atoms with Gasteiger partial charge in [0.15, 0.2) is 0 Å². The van der Waals surface area contributed by atoms with Gasteiger partial charge in [-0.15, -0.1) is 29.6 Å². The highest BCUT2D eigenvalue weighted by Crippen LogP contribution is 2.65. The predicted octanol–water partition coefficient (Wildman–Crippen LogP) is 7.41. The minimum Gasteiger partial charge on any atom is -0.326 e. The van der Waals surface area contributed by atoms with E-state index >= 15 is 0 Å². The van der Waals surface area contributed by atoms with Gasteiger partial charge < -0.3 is 10.6 Å². The number of terminal acetylenes is 1. The predicted molar refractivity (Wildman–Crippen MR) is 140 cm³/mol. The van der Waals surface area contributed by atoms with Crippen molar-refractivity contribution in [3.63, 3.8) is 0 Å². The number of carbonyl (C=O) groups excluding carboxylic acids is 2. The van der Waals surface area contributed by atoms with Gasteiger partial charge in [-0.2, -0.15) is 0 Å². The zero-order valence-electron chi connectivity index (χ0n) is 17.2. The fourth-order valence-corrected chi connectivity index (χ4v) is 5.24. The summed E-state index contributed by atoms with van der Waals surface area (Å²) in [6.45, 7) is 0. The maximum absolute atomic E-state index is 13.0. The molecule has 0 aromatic heterocycles. The lowest BCUT2D eigenvalue weighted by Crippen LogP contribution is -2.18. The second-order valence-corrected chi connectivity index (χ2v) is 10.4. The number of anilines is 2. The van der Waals surface area contributed by atoms with Crippen molar-refractivity contribution in [2.75, 3.05) is 10.6 Å². The van der Waals surface area contributed by atoms with Gasteiger partial charge in [-0.05, 0) is 66.2 Å². The third-order valence-corrected chi connectivity index (χ3v) is 7.07. The van der Waals surface area contributed by atoms with E-state index < -0.39 is 28.0 Å². The van der Waals surface area contributed by atoms with Crippen LogP contribution in [0.15, 0.2) is 60.7 Å². The maximum Gasteiger partial charge on any atom is 0.257 e. The summed E-state index contributed by atoms with van der Waals surface area (Å²) in [4.78, 5) is 25.7. The molecule has 0 bridgehead atoms. The lowest BCUT2D eigenvalue weighted by molar-refractivity contribution is -0.117. The van der Waals surface area contributed by atoms with Gasteiger partial charge in [0.2, 0.25) is 5.91 Å². The lowest BCUT2D eigenvalue weighted by atomic mass is 10.1. The van der Waals surface area contributed by atoms with E-state index in [1.165, 1.54) is 12.1 Å². The van der Waals surface area contributed by atoms with Crippen molar-refractivity contribution in [3.8, 4) is 12.3 Å². The Morgan fingerprint density at radius 2 is 1.47 bits per heavy atom. The number of hydrogen-bond acceptors (Lipinski definition) is 2. The molecule has 1 aliphatic carbocycles. The van der Waals surface area contributed by atoms with E-state index in [0.29, 0.717) is 32.5 Å². The molecule has 1 aliphatic rings. The summed E-state index contributed by atoms with van der Waals surface area (Å²) in [7, 11) is 0. The van der Waals surface area contributed by atoms with Crippen molar-refractivity contribution < 1.29 is 9.59 Å². The first-order valence-corrected chi connectivity index (χ1v) is 11.8. The minimum atomic E-state index is -1.32. The molecule has 2 N–H and O–H groups in total. The normalized spacial score (nSPS) is 18.0. The second-order valence-electron chi connectivity index (χ2n) is 7.69. The van der Waals surface area contributed by atoms with Crippen molar-refractivity contribution in [2.45, 2.75) is 10.3 Å². The summed E-state index contributed by atoms with van der Waals surface area (Å²) in [6, 6.07) is 16.3. The van der Waals surface area contributed by atoms with Crippen LogP contribution in [0.1, 0.15) is 27.4 Å². The summed E-state index contributed by atoms with van der Waals surface area (Å²) >= 11 is 31.2. The number of benzene rings is 3. The number of nitrogens with one attached hydrogen (secondary N) is 2. The van der Waals surface area contributed by atoms with Crippen molar-refractivity contribution in [1.82, 2.24) is 0 Å². The standard InChI is InChI=1S/C25H15Cl5N2O2/c1-2-13-3-5-17(6-4-13)31-23(33)19-12-18(7-8-20(19)28)32-24(34)22-21(25(22,29)30)14-9-15(26)11-16(27)10-14/h1,3-12,21-22H,(H,31,33)(H,32,34)/t21-,22+/m0/s1. The fourth-order valence-electron chi connectivity index (χ4n) is 3.67. The van der Waals surface area contributed by atoms with Gasteiger partial charge in [0.05, 0.1) is 16.5 Å². The number of alkyl halides is 2. The Hall–Kier alpha value is -2.39.